The number of hydrogen-bond donors (Lipinski definition) is 0. The molecule has 0 N–H and O–H groups in total. The summed E-state index contributed by atoms with van der Waals surface area (Å²) < 4.78 is 10.2. The molecule has 1 heterocycles. The van der Waals surface area contributed by atoms with Crippen LogP contribution in [0.3, 0.4) is 0 Å². The Morgan fingerprint density at radius 1 is 1.38 bits per heavy atom. The van der Waals surface area contributed by atoms with Gasteiger partial charge >= 0.3 is 5.97 Å². The molecular weight excluding hydrogens is 208 g/mol. The molecule has 1 aromatic rings. The van der Waals surface area contributed by atoms with Gasteiger partial charge in [0.1, 0.15) is 13.2 Å². The minimum absolute atomic E-state index is 0.0563. The fourth-order valence-electron chi connectivity index (χ4n) is 1.52. The summed E-state index contributed by atoms with van der Waals surface area (Å²) in [5.74, 6) is -0.329. The van der Waals surface area contributed by atoms with Gasteiger partial charge < -0.3 is 9.47 Å². The van der Waals surface area contributed by atoms with Gasteiger partial charge in [-0.3, -0.25) is 4.79 Å². The van der Waals surface area contributed by atoms with Gasteiger partial charge in [-0.1, -0.05) is 18.2 Å². The maximum Gasteiger partial charge on any atom is 0.338 e. The van der Waals surface area contributed by atoms with Crippen molar-refractivity contribution in [2.24, 2.45) is 0 Å². The van der Waals surface area contributed by atoms with Crippen LogP contribution in [0.2, 0.25) is 0 Å². The van der Waals surface area contributed by atoms with Crippen molar-refractivity contribution in [2.75, 3.05) is 13.2 Å². The van der Waals surface area contributed by atoms with E-state index in [1.54, 1.807) is 24.3 Å². The van der Waals surface area contributed by atoms with Crippen molar-refractivity contribution in [3.8, 4) is 0 Å². The summed E-state index contributed by atoms with van der Waals surface area (Å²) in [4.78, 5) is 22.4. The fourth-order valence-corrected chi connectivity index (χ4v) is 1.52. The van der Waals surface area contributed by atoms with E-state index in [2.05, 4.69) is 0 Å². The molecule has 0 aliphatic carbocycles. The van der Waals surface area contributed by atoms with E-state index >= 15 is 0 Å². The highest BCUT2D eigenvalue weighted by molar-refractivity contribution is 5.89. The predicted octanol–water partition coefficient (Wildman–Crippen LogP) is 1.20. The number of esters is 1. The molecule has 1 atom stereocenters. The largest absolute Gasteiger partial charge is 0.459 e. The van der Waals surface area contributed by atoms with Crippen LogP contribution in [0.4, 0.5) is 0 Å². The van der Waals surface area contributed by atoms with E-state index < -0.39 is 0 Å². The molecule has 16 heavy (non-hydrogen) atoms. The van der Waals surface area contributed by atoms with Crippen molar-refractivity contribution in [2.45, 2.75) is 12.5 Å². The maximum absolute atomic E-state index is 11.5. The van der Waals surface area contributed by atoms with E-state index in [1.165, 1.54) is 0 Å². The molecule has 1 aromatic carbocycles. The summed E-state index contributed by atoms with van der Waals surface area (Å²) >= 11 is 0. The summed E-state index contributed by atoms with van der Waals surface area (Å²) in [6.07, 6.45) is 0.0578. The highest BCUT2D eigenvalue weighted by atomic mass is 16.6. The van der Waals surface area contributed by atoms with Crippen LogP contribution in [0.5, 0.6) is 0 Å². The zero-order valence-electron chi connectivity index (χ0n) is 8.72. The average Bonchev–Trinajstić information content (AvgIpc) is 2.73. The van der Waals surface area contributed by atoms with E-state index in [0.29, 0.717) is 12.0 Å². The Kier molecular flexibility index (Phi) is 3.31. The molecule has 0 spiro atoms. The van der Waals surface area contributed by atoms with Crippen molar-refractivity contribution in [3.05, 3.63) is 35.9 Å². The van der Waals surface area contributed by atoms with Crippen molar-refractivity contribution >= 4 is 11.8 Å². The lowest BCUT2D eigenvalue weighted by Gasteiger charge is -2.09. The minimum atomic E-state index is -0.386. The van der Waals surface area contributed by atoms with Crippen LogP contribution in [-0.4, -0.2) is 31.1 Å². The molecule has 1 saturated heterocycles. The Morgan fingerprint density at radius 3 is 2.75 bits per heavy atom. The highest BCUT2D eigenvalue weighted by Gasteiger charge is 2.24. The van der Waals surface area contributed by atoms with E-state index in [0.717, 1.165) is 0 Å². The van der Waals surface area contributed by atoms with Crippen LogP contribution >= 0.6 is 0 Å². The lowest BCUT2D eigenvalue weighted by atomic mass is 10.2. The van der Waals surface area contributed by atoms with Crippen LogP contribution in [0, 0.1) is 0 Å². The Bertz CT molecular complexity index is 385. The molecule has 1 unspecified atom stereocenters. The summed E-state index contributed by atoms with van der Waals surface area (Å²) in [5.41, 5.74) is 0.506. The Morgan fingerprint density at radius 2 is 2.12 bits per heavy atom. The Labute approximate surface area is 93.2 Å². The van der Waals surface area contributed by atoms with Gasteiger partial charge in [0, 0.05) is 6.42 Å². The lowest BCUT2D eigenvalue weighted by molar-refractivity contribution is -0.117. The maximum atomic E-state index is 11.5. The molecule has 1 fully saturated rings. The zero-order valence-corrected chi connectivity index (χ0v) is 8.72. The number of rotatable bonds is 3. The van der Waals surface area contributed by atoms with Gasteiger partial charge in [0.2, 0.25) is 0 Å². The Hall–Kier alpha value is -1.68. The van der Waals surface area contributed by atoms with Crippen molar-refractivity contribution in [1.29, 1.82) is 0 Å². The van der Waals surface area contributed by atoms with Crippen LogP contribution < -0.4 is 0 Å². The van der Waals surface area contributed by atoms with Crippen LogP contribution in [-0.2, 0) is 14.3 Å². The second-order valence-corrected chi connectivity index (χ2v) is 3.64. The minimum Gasteiger partial charge on any atom is -0.459 e. The van der Waals surface area contributed by atoms with Crippen molar-refractivity contribution < 1.29 is 19.1 Å². The molecule has 1 aliphatic rings. The molecule has 0 saturated carbocycles. The monoisotopic (exact) mass is 220 g/mol. The van der Waals surface area contributed by atoms with Gasteiger partial charge in [-0.2, -0.15) is 0 Å². The molecule has 1 aliphatic heterocycles. The quantitative estimate of drug-likeness (QED) is 0.718. The fraction of sp³-hybridized carbons (Fsp3) is 0.333. The SMILES string of the molecule is O=C1COC(COC(=O)c2ccccc2)C1. The van der Waals surface area contributed by atoms with Crippen molar-refractivity contribution in [3.63, 3.8) is 0 Å². The summed E-state index contributed by atoms with van der Waals surface area (Å²) in [7, 11) is 0. The summed E-state index contributed by atoms with van der Waals surface area (Å²) in [6, 6.07) is 8.74. The number of ether oxygens (including phenoxy) is 2. The first-order valence-corrected chi connectivity index (χ1v) is 5.11. The molecule has 4 heteroatoms. The molecule has 0 bridgehead atoms. The van der Waals surface area contributed by atoms with Gasteiger partial charge in [-0.05, 0) is 12.1 Å². The van der Waals surface area contributed by atoms with Crippen LogP contribution in [0.1, 0.15) is 16.8 Å². The summed E-state index contributed by atoms with van der Waals surface area (Å²) in [6.45, 7) is 0.271. The molecular formula is C12H12O4. The van der Waals surface area contributed by atoms with Crippen molar-refractivity contribution in [1.82, 2.24) is 0 Å². The molecule has 4 nitrogen and oxygen atoms in total. The third-order valence-electron chi connectivity index (χ3n) is 2.35. The zero-order chi connectivity index (χ0) is 11.4. The normalized spacial score (nSPS) is 19.8. The van der Waals surface area contributed by atoms with Gasteiger partial charge in [0.25, 0.3) is 0 Å². The van der Waals surface area contributed by atoms with Crippen LogP contribution in [0.15, 0.2) is 30.3 Å². The molecule has 0 amide bonds. The predicted molar refractivity (Wildman–Crippen MR) is 56.1 cm³/mol. The standard InChI is InChI=1S/C12H12O4/c13-10-6-11(15-7-10)8-16-12(14)9-4-2-1-3-5-9/h1-5,11H,6-8H2. The van der Waals surface area contributed by atoms with E-state index in [4.69, 9.17) is 9.47 Å². The van der Waals surface area contributed by atoms with Gasteiger partial charge in [-0.15, -0.1) is 0 Å². The topological polar surface area (TPSA) is 52.6 Å². The second-order valence-electron chi connectivity index (χ2n) is 3.64. The first-order valence-electron chi connectivity index (χ1n) is 5.11. The number of carbonyl (C=O) groups excluding carboxylic acids is 2. The molecule has 84 valence electrons. The average molecular weight is 220 g/mol. The van der Waals surface area contributed by atoms with Crippen LogP contribution in [0.25, 0.3) is 0 Å². The molecule has 0 radical (unpaired) electrons. The number of Topliss-reactive ketones (excluding diaryl/α,β-unsaturated/α-hetero) is 1. The molecule has 0 aromatic heterocycles. The first kappa shape index (κ1) is 10.8. The van der Waals surface area contributed by atoms with Gasteiger partial charge in [0.05, 0.1) is 11.7 Å². The second kappa shape index (κ2) is 4.90. The third-order valence-corrected chi connectivity index (χ3v) is 2.35. The number of benzene rings is 1. The van der Waals surface area contributed by atoms with Gasteiger partial charge in [-0.25, -0.2) is 4.79 Å². The Balaban J connectivity index is 1.82. The molecule has 2 rings (SSSR count). The van der Waals surface area contributed by atoms with Gasteiger partial charge in [0.15, 0.2) is 5.78 Å². The highest BCUT2D eigenvalue weighted by Crippen LogP contribution is 2.10. The first-order chi connectivity index (χ1) is 7.75. The van der Waals surface area contributed by atoms with E-state index in [9.17, 15) is 9.59 Å². The third kappa shape index (κ3) is 2.67. The lowest BCUT2D eigenvalue weighted by Crippen LogP contribution is -2.18. The van der Waals surface area contributed by atoms with E-state index in [-0.39, 0.29) is 31.1 Å². The number of hydrogen-bond acceptors (Lipinski definition) is 4. The smallest absolute Gasteiger partial charge is 0.338 e. The van der Waals surface area contributed by atoms with E-state index in [1.807, 2.05) is 6.07 Å². The number of carbonyl (C=O) groups is 2. The summed E-state index contributed by atoms with van der Waals surface area (Å²) in [5, 5.41) is 0. The number of ketones is 1.